The summed E-state index contributed by atoms with van der Waals surface area (Å²) >= 11 is 0. The van der Waals surface area contributed by atoms with E-state index < -0.39 is 5.82 Å². The fourth-order valence-electron chi connectivity index (χ4n) is 2.79. The standard InChI is InChI=1S/C17H15FO2/c1-20-14-6-7-15(16(18)10-14)17(19)13-8-11-4-2-3-5-12(11)9-13/h2-7,10,13H,8-9H2,1H3. The molecule has 0 saturated carbocycles. The van der Waals surface area contributed by atoms with Crippen molar-refractivity contribution in [3.8, 4) is 5.75 Å². The molecule has 0 atom stereocenters. The maximum Gasteiger partial charge on any atom is 0.169 e. The van der Waals surface area contributed by atoms with Crippen LogP contribution in [0.1, 0.15) is 21.5 Å². The van der Waals surface area contributed by atoms with Crippen LogP contribution in [0, 0.1) is 11.7 Å². The van der Waals surface area contributed by atoms with E-state index in [0.29, 0.717) is 18.6 Å². The number of ether oxygens (including phenoxy) is 1. The summed E-state index contributed by atoms with van der Waals surface area (Å²) in [5.74, 6) is -0.365. The van der Waals surface area contributed by atoms with Crippen molar-refractivity contribution in [2.75, 3.05) is 7.11 Å². The Morgan fingerprint density at radius 1 is 1.15 bits per heavy atom. The summed E-state index contributed by atoms with van der Waals surface area (Å²) < 4.78 is 18.9. The quantitative estimate of drug-likeness (QED) is 0.799. The molecule has 2 aromatic rings. The first-order valence-corrected chi connectivity index (χ1v) is 6.63. The van der Waals surface area contributed by atoms with Gasteiger partial charge in [0.1, 0.15) is 11.6 Å². The van der Waals surface area contributed by atoms with Crippen LogP contribution >= 0.6 is 0 Å². The maximum absolute atomic E-state index is 14.0. The number of ketones is 1. The van der Waals surface area contributed by atoms with Gasteiger partial charge in [-0.25, -0.2) is 4.39 Å². The van der Waals surface area contributed by atoms with Gasteiger partial charge in [0.05, 0.1) is 12.7 Å². The van der Waals surface area contributed by atoms with Gasteiger partial charge in [0, 0.05) is 12.0 Å². The van der Waals surface area contributed by atoms with Crippen molar-refractivity contribution in [2.45, 2.75) is 12.8 Å². The van der Waals surface area contributed by atoms with Crippen LogP contribution in [-0.2, 0) is 12.8 Å². The van der Waals surface area contributed by atoms with Crippen LogP contribution in [0.25, 0.3) is 0 Å². The van der Waals surface area contributed by atoms with Crippen molar-refractivity contribution in [1.82, 2.24) is 0 Å². The van der Waals surface area contributed by atoms with Crippen molar-refractivity contribution >= 4 is 5.78 Å². The molecule has 3 heteroatoms. The van der Waals surface area contributed by atoms with Gasteiger partial charge in [-0.3, -0.25) is 4.79 Å². The molecule has 0 N–H and O–H groups in total. The van der Waals surface area contributed by atoms with Gasteiger partial charge in [-0.2, -0.15) is 0 Å². The molecule has 0 aliphatic heterocycles. The molecular formula is C17H15FO2. The van der Waals surface area contributed by atoms with Crippen molar-refractivity contribution in [3.05, 3.63) is 65.0 Å². The van der Waals surface area contributed by atoms with E-state index in [-0.39, 0.29) is 17.3 Å². The van der Waals surface area contributed by atoms with E-state index in [9.17, 15) is 9.18 Å². The van der Waals surface area contributed by atoms with E-state index in [2.05, 4.69) is 0 Å². The minimum absolute atomic E-state index is 0.124. The Morgan fingerprint density at radius 2 is 1.80 bits per heavy atom. The van der Waals surface area contributed by atoms with E-state index in [1.54, 1.807) is 6.07 Å². The van der Waals surface area contributed by atoms with Crippen LogP contribution in [0.15, 0.2) is 42.5 Å². The zero-order valence-corrected chi connectivity index (χ0v) is 11.2. The minimum atomic E-state index is -0.509. The molecule has 0 unspecified atom stereocenters. The third kappa shape index (κ3) is 2.20. The number of hydrogen-bond donors (Lipinski definition) is 0. The van der Waals surface area contributed by atoms with E-state index in [1.807, 2.05) is 24.3 Å². The summed E-state index contributed by atoms with van der Waals surface area (Å²) in [5.41, 5.74) is 2.54. The molecule has 1 aliphatic rings. The van der Waals surface area contributed by atoms with E-state index in [4.69, 9.17) is 4.74 Å². The minimum Gasteiger partial charge on any atom is -0.497 e. The second-order valence-electron chi connectivity index (χ2n) is 5.08. The number of rotatable bonds is 3. The largest absolute Gasteiger partial charge is 0.497 e. The predicted octanol–water partition coefficient (Wildman–Crippen LogP) is 3.43. The normalized spacial score (nSPS) is 14.1. The molecule has 0 bridgehead atoms. The first kappa shape index (κ1) is 12.9. The molecule has 2 aromatic carbocycles. The Hall–Kier alpha value is -2.16. The number of carbonyl (C=O) groups is 1. The highest BCUT2D eigenvalue weighted by Gasteiger charge is 2.29. The smallest absolute Gasteiger partial charge is 0.169 e. The SMILES string of the molecule is COc1ccc(C(=O)C2Cc3ccccc3C2)c(F)c1. The molecule has 2 nitrogen and oxygen atoms in total. The Labute approximate surface area is 117 Å². The summed E-state index contributed by atoms with van der Waals surface area (Å²) in [6, 6.07) is 12.4. The number of Topliss-reactive ketones (excluding diaryl/α,β-unsaturated/α-hetero) is 1. The first-order chi connectivity index (χ1) is 9.69. The highest BCUT2D eigenvalue weighted by molar-refractivity contribution is 5.99. The lowest BCUT2D eigenvalue weighted by Crippen LogP contribution is -2.16. The van der Waals surface area contributed by atoms with Crippen molar-refractivity contribution < 1.29 is 13.9 Å². The van der Waals surface area contributed by atoms with Crippen LogP contribution in [0.3, 0.4) is 0 Å². The van der Waals surface area contributed by atoms with E-state index in [0.717, 1.165) is 0 Å². The maximum atomic E-state index is 14.0. The number of halogens is 1. The monoisotopic (exact) mass is 270 g/mol. The Bertz CT molecular complexity index is 639. The van der Waals surface area contributed by atoms with Gasteiger partial charge >= 0.3 is 0 Å². The summed E-state index contributed by atoms with van der Waals surface area (Å²) in [6.45, 7) is 0. The zero-order valence-electron chi connectivity index (χ0n) is 11.2. The van der Waals surface area contributed by atoms with Gasteiger partial charge in [-0.15, -0.1) is 0 Å². The zero-order chi connectivity index (χ0) is 14.1. The number of fused-ring (bicyclic) bond motifs is 1. The molecule has 1 aliphatic carbocycles. The lowest BCUT2D eigenvalue weighted by molar-refractivity contribution is 0.0920. The average Bonchev–Trinajstić information content (AvgIpc) is 2.90. The lowest BCUT2D eigenvalue weighted by atomic mass is 9.94. The lowest BCUT2D eigenvalue weighted by Gasteiger charge is -2.10. The molecule has 20 heavy (non-hydrogen) atoms. The molecule has 0 spiro atoms. The number of carbonyl (C=O) groups excluding carboxylic acids is 1. The summed E-state index contributed by atoms with van der Waals surface area (Å²) in [4.78, 5) is 12.5. The van der Waals surface area contributed by atoms with Crippen LogP contribution in [-0.4, -0.2) is 12.9 Å². The topological polar surface area (TPSA) is 26.3 Å². The number of methoxy groups -OCH3 is 1. The molecule has 0 heterocycles. The molecule has 0 aromatic heterocycles. The first-order valence-electron chi connectivity index (χ1n) is 6.63. The van der Waals surface area contributed by atoms with E-state index in [1.165, 1.54) is 30.4 Å². The van der Waals surface area contributed by atoms with E-state index >= 15 is 0 Å². The Kier molecular flexibility index (Phi) is 3.26. The fraction of sp³-hybridized carbons (Fsp3) is 0.235. The van der Waals surface area contributed by atoms with Crippen LogP contribution < -0.4 is 4.74 Å². The summed E-state index contributed by atoms with van der Waals surface area (Å²) in [5, 5.41) is 0. The van der Waals surface area contributed by atoms with Gasteiger partial charge in [-0.1, -0.05) is 24.3 Å². The molecule has 102 valence electrons. The predicted molar refractivity (Wildman–Crippen MR) is 74.6 cm³/mol. The Balaban J connectivity index is 1.85. The van der Waals surface area contributed by atoms with Crippen molar-refractivity contribution in [2.24, 2.45) is 5.92 Å². The summed E-state index contributed by atoms with van der Waals surface area (Å²) in [7, 11) is 1.48. The molecular weight excluding hydrogens is 255 g/mol. The van der Waals surface area contributed by atoms with Crippen LogP contribution in [0.2, 0.25) is 0 Å². The van der Waals surface area contributed by atoms with Gasteiger partial charge in [-0.05, 0) is 36.1 Å². The van der Waals surface area contributed by atoms with Gasteiger partial charge in [0.25, 0.3) is 0 Å². The second kappa shape index (κ2) is 5.08. The van der Waals surface area contributed by atoms with Crippen LogP contribution in [0.4, 0.5) is 4.39 Å². The molecule has 0 radical (unpaired) electrons. The highest BCUT2D eigenvalue weighted by atomic mass is 19.1. The molecule has 3 rings (SSSR count). The molecule has 0 saturated heterocycles. The van der Waals surface area contributed by atoms with Gasteiger partial charge in [0.15, 0.2) is 5.78 Å². The second-order valence-corrected chi connectivity index (χ2v) is 5.08. The van der Waals surface area contributed by atoms with Crippen LogP contribution in [0.5, 0.6) is 5.75 Å². The molecule has 0 amide bonds. The third-order valence-electron chi connectivity index (χ3n) is 3.86. The van der Waals surface area contributed by atoms with Gasteiger partial charge < -0.3 is 4.74 Å². The van der Waals surface area contributed by atoms with Crippen molar-refractivity contribution in [1.29, 1.82) is 0 Å². The van der Waals surface area contributed by atoms with Gasteiger partial charge in [0.2, 0.25) is 0 Å². The number of benzene rings is 2. The molecule has 0 fully saturated rings. The fourth-order valence-corrected chi connectivity index (χ4v) is 2.79. The number of hydrogen-bond acceptors (Lipinski definition) is 2. The highest BCUT2D eigenvalue weighted by Crippen LogP contribution is 2.30. The van der Waals surface area contributed by atoms with Crippen molar-refractivity contribution in [3.63, 3.8) is 0 Å². The average molecular weight is 270 g/mol. The Morgan fingerprint density at radius 3 is 2.35 bits per heavy atom. The summed E-state index contributed by atoms with van der Waals surface area (Å²) in [6.07, 6.45) is 1.39. The third-order valence-corrected chi connectivity index (χ3v) is 3.86.